The van der Waals surface area contributed by atoms with Crippen molar-refractivity contribution >= 4 is 28.2 Å². The highest BCUT2D eigenvalue weighted by molar-refractivity contribution is 7.14. The van der Waals surface area contributed by atoms with Gasteiger partial charge in [0.1, 0.15) is 16.4 Å². The number of hydrogen-bond donors (Lipinski definition) is 3. The number of carboxylic acids is 1. The summed E-state index contributed by atoms with van der Waals surface area (Å²) in [4.78, 5) is 31.5. The zero-order valence-corrected chi connectivity index (χ0v) is 14.4. The fraction of sp³-hybridized carbons (Fsp3) is 0.188. The Morgan fingerprint density at radius 1 is 1.35 bits per heavy atom. The summed E-state index contributed by atoms with van der Waals surface area (Å²) >= 11 is 1.14. The molecule has 1 amide bonds. The van der Waals surface area contributed by atoms with Crippen LogP contribution in [0.4, 0.5) is 5.00 Å². The van der Waals surface area contributed by atoms with Gasteiger partial charge in [0.15, 0.2) is 0 Å². The van der Waals surface area contributed by atoms with Crippen molar-refractivity contribution in [3.05, 3.63) is 41.2 Å². The smallest absolute Gasteiger partial charge is 0.338 e. The highest BCUT2D eigenvalue weighted by Crippen LogP contribution is 2.24. The molecule has 26 heavy (non-hydrogen) atoms. The quantitative estimate of drug-likeness (QED) is 0.598. The first kappa shape index (κ1) is 17.5. The van der Waals surface area contributed by atoms with Crippen molar-refractivity contribution in [1.82, 2.24) is 15.1 Å². The molecule has 3 heterocycles. The lowest BCUT2D eigenvalue weighted by molar-refractivity contribution is -0.119. The van der Waals surface area contributed by atoms with Gasteiger partial charge in [0, 0.05) is 12.3 Å². The molecule has 0 saturated heterocycles. The van der Waals surface area contributed by atoms with Crippen LogP contribution in [-0.2, 0) is 11.2 Å². The summed E-state index contributed by atoms with van der Waals surface area (Å²) in [5.74, 6) is -1.44. The summed E-state index contributed by atoms with van der Waals surface area (Å²) in [6.07, 6.45) is 1.45. The first-order valence-corrected chi connectivity index (χ1v) is 8.41. The Bertz CT molecular complexity index is 934. The lowest BCUT2D eigenvalue weighted by Crippen LogP contribution is -2.22. The number of aromatic hydroxyl groups is 1. The Morgan fingerprint density at radius 2 is 2.15 bits per heavy atom. The largest absolute Gasteiger partial charge is 0.506 e. The van der Waals surface area contributed by atoms with E-state index in [1.807, 2.05) is 0 Å². The van der Waals surface area contributed by atoms with Gasteiger partial charge in [0.2, 0.25) is 17.6 Å². The summed E-state index contributed by atoms with van der Waals surface area (Å²) in [6, 6.07) is 4.43. The second-order valence-electron chi connectivity index (χ2n) is 5.48. The van der Waals surface area contributed by atoms with Gasteiger partial charge in [-0.2, -0.15) is 4.98 Å². The van der Waals surface area contributed by atoms with Crippen LogP contribution < -0.4 is 5.32 Å². The Balaban J connectivity index is 1.65. The van der Waals surface area contributed by atoms with Crippen LogP contribution >= 0.6 is 11.3 Å². The minimum absolute atomic E-state index is 0.0251. The number of rotatable bonds is 6. The Kier molecular flexibility index (Phi) is 4.94. The van der Waals surface area contributed by atoms with Crippen LogP contribution in [0.1, 0.15) is 23.2 Å². The van der Waals surface area contributed by atoms with E-state index in [-0.39, 0.29) is 40.4 Å². The number of nitrogens with zero attached hydrogens (tertiary/aromatic N) is 3. The zero-order chi connectivity index (χ0) is 18.7. The zero-order valence-electron chi connectivity index (χ0n) is 13.5. The fourth-order valence-corrected chi connectivity index (χ4v) is 2.91. The Morgan fingerprint density at radius 3 is 2.85 bits per heavy atom. The summed E-state index contributed by atoms with van der Waals surface area (Å²) in [5.41, 5.74) is 0.480. The number of aromatic nitrogens is 3. The average Bonchev–Trinajstić information content (AvgIpc) is 3.25. The van der Waals surface area contributed by atoms with Crippen molar-refractivity contribution in [2.45, 2.75) is 13.3 Å². The molecular weight excluding hydrogens is 360 g/mol. The fourth-order valence-electron chi connectivity index (χ4n) is 2.12. The minimum atomic E-state index is -1.10. The van der Waals surface area contributed by atoms with E-state index in [2.05, 4.69) is 20.4 Å². The van der Waals surface area contributed by atoms with Gasteiger partial charge in [-0.15, -0.1) is 11.3 Å². The summed E-state index contributed by atoms with van der Waals surface area (Å²) in [5, 5.41) is 26.6. The predicted molar refractivity (Wildman–Crippen MR) is 92.0 cm³/mol. The first-order valence-electron chi connectivity index (χ1n) is 7.53. The number of carbonyl (C=O) groups excluding carboxylic acids is 1. The standard InChI is InChI=1S/C16H14N4O5S/c1-8(14(22)19-15-10(16(23)24)4-5-26-15)6-12-18-13(20-25-12)11-3-2-9(21)7-17-11/h2-5,7-8,21H,6H2,1H3,(H,19,22)(H,23,24). The molecule has 134 valence electrons. The number of carboxylic acid groups (broad SMARTS) is 1. The third kappa shape index (κ3) is 3.86. The molecule has 0 radical (unpaired) electrons. The number of pyridine rings is 1. The maximum Gasteiger partial charge on any atom is 0.338 e. The van der Waals surface area contributed by atoms with Crippen molar-refractivity contribution < 1.29 is 24.3 Å². The van der Waals surface area contributed by atoms with Crippen LogP contribution in [0.2, 0.25) is 0 Å². The van der Waals surface area contributed by atoms with Crippen LogP contribution in [0.3, 0.4) is 0 Å². The van der Waals surface area contributed by atoms with Gasteiger partial charge in [-0.3, -0.25) is 4.79 Å². The van der Waals surface area contributed by atoms with Crippen molar-refractivity contribution in [2.75, 3.05) is 5.32 Å². The lowest BCUT2D eigenvalue weighted by atomic mass is 10.1. The van der Waals surface area contributed by atoms with Gasteiger partial charge in [0.25, 0.3) is 0 Å². The van der Waals surface area contributed by atoms with E-state index in [1.165, 1.54) is 18.3 Å². The van der Waals surface area contributed by atoms with E-state index >= 15 is 0 Å². The van der Waals surface area contributed by atoms with Crippen LogP contribution in [-0.4, -0.2) is 37.2 Å². The van der Waals surface area contributed by atoms with Gasteiger partial charge in [0.05, 0.1) is 11.8 Å². The molecule has 1 atom stereocenters. The molecule has 9 nitrogen and oxygen atoms in total. The molecule has 0 bridgehead atoms. The van der Waals surface area contributed by atoms with Gasteiger partial charge < -0.3 is 20.1 Å². The molecule has 3 aromatic rings. The Hall–Kier alpha value is -3.27. The van der Waals surface area contributed by atoms with E-state index in [0.717, 1.165) is 11.3 Å². The van der Waals surface area contributed by atoms with Crippen molar-refractivity contribution in [3.63, 3.8) is 0 Å². The summed E-state index contributed by atoms with van der Waals surface area (Å²) in [6.45, 7) is 1.67. The third-order valence-electron chi connectivity index (χ3n) is 3.51. The van der Waals surface area contributed by atoms with E-state index in [4.69, 9.17) is 9.63 Å². The molecule has 0 aliphatic heterocycles. The number of hydrogen-bond acceptors (Lipinski definition) is 8. The molecule has 3 aromatic heterocycles. The van der Waals surface area contributed by atoms with Crippen LogP contribution in [0.5, 0.6) is 5.75 Å². The van der Waals surface area contributed by atoms with Crippen molar-refractivity contribution in [1.29, 1.82) is 0 Å². The van der Waals surface area contributed by atoms with Crippen molar-refractivity contribution in [3.8, 4) is 17.3 Å². The minimum Gasteiger partial charge on any atom is -0.506 e. The molecule has 1 unspecified atom stereocenters. The van der Waals surface area contributed by atoms with Crippen molar-refractivity contribution in [2.24, 2.45) is 5.92 Å². The molecule has 0 spiro atoms. The molecule has 3 rings (SSSR count). The van der Waals surface area contributed by atoms with E-state index < -0.39 is 11.9 Å². The topological polar surface area (TPSA) is 138 Å². The molecule has 0 saturated carbocycles. The highest BCUT2D eigenvalue weighted by Gasteiger charge is 2.21. The third-order valence-corrected chi connectivity index (χ3v) is 4.34. The van der Waals surface area contributed by atoms with Gasteiger partial charge >= 0.3 is 5.97 Å². The highest BCUT2D eigenvalue weighted by atomic mass is 32.1. The average molecular weight is 374 g/mol. The second kappa shape index (κ2) is 7.31. The van der Waals surface area contributed by atoms with Gasteiger partial charge in [-0.1, -0.05) is 12.1 Å². The number of amides is 1. The molecule has 3 N–H and O–H groups in total. The number of nitrogens with one attached hydrogen (secondary N) is 1. The first-order chi connectivity index (χ1) is 12.4. The van der Waals surface area contributed by atoms with Gasteiger partial charge in [-0.25, -0.2) is 9.78 Å². The molecule has 0 aromatic carbocycles. The molecule has 0 aliphatic carbocycles. The molecule has 0 aliphatic rings. The predicted octanol–water partition coefficient (Wildman–Crippen LogP) is 2.41. The number of aromatic carboxylic acids is 1. The lowest BCUT2D eigenvalue weighted by Gasteiger charge is -2.09. The number of carbonyl (C=O) groups is 2. The molecular formula is C16H14N4O5S. The van der Waals surface area contributed by atoms with Crippen LogP contribution in [0.15, 0.2) is 34.3 Å². The normalized spacial score (nSPS) is 11.9. The second-order valence-corrected chi connectivity index (χ2v) is 6.39. The monoisotopic (exact) mass is 374 g/mol. The molecule has 0 fully saturated rings. The van der Waals surface area contributed by atoms with E-state index in [0.29, 0.717) is 5.69 Å². The Labute approximate surface area is 151 Å². The summed E-state index contributed by atoms with van der Waals surface area (Å²) in [7, 11) is 0. The van der Waals surface area contributed by atoms with E-state index in [9.17, 15) is 14.7 Å². The molecule has 10 heteroatoms. The number of anilines is 1. The number of thiophene rings is 1. The summed E-state index contributed by atoms with van der Waals surface area (Å²) < 4.78 is 5.13. The maximum atomic E-state index is 12.3. The maximum absolute atomic E-state index is 12.3. The van der Waals surface area contributed by atoms with Crippen LogP contribution in [0.25, 0.3) is 11.5 Å². The van der Waals surface area contributed by atoms with Crippen LogP contribution in [0, 0.1) is 5.92 Å². The van der Waals surface area contributed by atoms with Gasteiger partial charge in [-0.05, 0) is 23.6 Å². The SMILES string of the molecule is CC(Cc1nc(-c2ccc(O)cn2)no1)C(=O)Nc1sccc1C(=O)O. The van der Waals surface area contributed by atoms with E-state index in [1.54, 1.807) is 18.4 Å².